The molecule has 0 bridgehead atoms. The number of phosphoric acid groups is 1. The Kier molecular flexibility index (Phi) is 52.8. The van der Waals surface area contributed by atoms with Crippen molar-refractivity contribution >= 4 is 13.7 Å². The van der Waals surface area contributed by atoms with Crippen molar-refractivity contribution in [2.24, 2.45) is 0 Å². The van der Waals surface area contributed by atoms with E-state index in [9.17, 15) is 19.4 Å². The van der Waals surface area contributed by atoms with Crippen molar-refractivity contribution < 1.29 is 32.9 Å². The first-order valence-electron chi connectivity index (χ1n) is 30.3. The van der Waals surface area contributed by atoms with Gasteiger partial charge in [0.15, 0.2) is 0 Å². The number of rotatable bonds is 54. The summed E-state index contributed by atoms with van der Waals surface area (Å²) in [4.78, 5) is 23.3. The molecule has 0 aliphatic carbocycles. The number of amides is 1. The van der Waals surface area contributed by atoms with Crippen LogP contribution in [0, 0.1) is 0 Å². The van der Waals surface area contributed by atoms with Crippen LogP contribution in [0.1, 0.15) is 245 Å². The number of quaternary nitrogens is 1. The Morgan fingerprint density at radius 3 is 1.19 bits per heavy atom. The number of carbonyl (C=O) groups is 1. The standard InChI is InChI=1S/C65H115N2O6P/c1-6-8-10-12-14-16-18-20-21-22-23-24-25-26-27-28-29-30-31-32-33-34-35-36-37-38-39-40-41-42-43-44-45-47-49-51-53-55-57-59-65(69)66-63(62-73-74(70,71)72-61-60-67(3,4)5)64(68)58-56-54-52-50-48-46-19-17-15-13-11-9-7-2/h8,10,14,16,20-21,23-24,26-27,29-30,32-33,35-36,56,58,63-64,68H,6-7,9,11-13,15,17-19,22,25,28,31,34,37-55,57,59-62H2,1-5H3,(H-,66,69,70,71)/p+1/b10-8-,16-14-,21-20-,24-23-,27-26-,30-29-,33-32-,36-35-,58-56+. The summed E-state index contributed by atoms with van der Waals surface area (Å²) in [6, 6.07) is -0.851. The molecule has 0 fully saturated rings. The highest BCUT2D eigenvalue weighted by molar-refractivity contribution is 7.47. The minimum atomic E-state index is -4.35. The van der Waals surface area contributed by atoms with Gasteiger partial charge in [-0.15, -0.1) is 0 Å². The van der Waals surface area contributed by atoms with Gasteiger partial charge in [0.25, 0.3) is 0 Å². The zero-order valence-electron chi connectivity index (χ0n) is 48.5. The molecule has 0 aromatic heterocycles. The second-order valence-electron chi connectivity index (χ2n) is 21.3. The van der Waals surface area contributed by atoms with Crippen LogP contribution in [-0.4, -0.2) is 73.4 Å². The maximum Gasteiger partial charge on any atom is 0.472 e. The molecule has 3 N–H and O–H groups in total. The van der Waals surface area contributed by atoms with Crippen molar-refractivity contribution in [2.75, 3.05) is 40.9 Å². The third kappa shape index (κ3) is 56.9. The van der Waals surface area contributed by atoms with Gasteiger partial charge in [-0.05, 0) is 83.5 Å². The highest BCUT2D eigenvalue weighted by Crippen LogP contribution is 2.43. The molecule has 0 aromatic carbocycles. The minimum Gasteiger partial charge on any atom is -0.387 e. The Balaban J connectivity index is 4.03. The number of phosphoric ester groups is 1. The number of nitrogens with zero attached hydrogens (tertiary/aromatic N) is 1. The van der Waals surface area contributed by atoms with Crippen LogP contribution in [0.4, 0.5) is 0 Å². The highest BCUT2D eigenvalue weighted by atomic mass is 31.2. The van der Waals surface area contributed by atoms with Crippen molar-refractivity contribution in [1.29, 1.82) is 0 Å². The lowest BCUT2D eigenvalue weighted by atomic mass is 10.0. The van der Waals surface area contributed by atoms with E-state index in [1.54, 1.807) is 6.08 Å². The Labute approximate surface area is 457 Å². The number of aliphatic hydroxyl groups excluding tert-OH is 1. The number of hydrogen-bond donors (Lipinski definition) is 3. The van der Waals surface area contributed by atoms with Crippen molar-refractivity contribution in [3.05, 3.63) is 109 Å². The third-order valence-corrected chi connectivity index (χ3v) is 14.0. The van der Waals surface area contributed by atoms with Gasteiger partial charge in [0.05, 0.1) is 39.9 Å². The zero-order chi connectivity index (χ0) is 54.2. The van der Waals surface area contributed by atoms with Crippen molar-refractivity contribution in [1.82, 2.24) is 5.32 Å². The second-order valence-corrected chi connectivity index (χ2v) is 22.8. The fourth-order valence-corrected chi connectivity index (χ4v) is 9.03. The largest absolute Gasteiger partial charge is 0.472 e. The molecule has 0 saturated carbocycles. The van der Waals surface area contributed by atoms with E-state index in [4.69, 9.17) is 9.05 Å². The van der Waals surface area contributed by atoms with Crippen molar-refractivity contribution in [3.8, 4) is 0 Å². The molecule has 0 rings (SSSR count). The monoisotopic (exact) mass is 1050 g/mol. The fourth-order valence-electron chi connectivity index (χ4n) is 8.29. The van der Waals surface area contributed by atoms with Gasteiger partial charge < -0.3 is 19.8 Å². The van der Waals surface area contributed by atoms with Gasteiger partial charge in [0.2, 0.25) is 5.91 Å². The molecule has 3 unspecified atom stereocenters. The second kappa shape index (κ2) is 54.9. The lowest BCUT2D eigenvalue weighted by molar-refractivity contribution is -0.870. The molecule has 0 aromatic rings. The first kappa shape index (κ1) is 71.2. The van der Waals surface area contributed by atoms with Gasteiger partial charge in [-0.25, -0.2) is 4.57 Å². The quantitative estimate of drug-likeness (QED) is 0.0243. The first-order chi connectivity index (χ1) is 36.0. The van der Waals surface area contributed by atoms with Gasteiger partial charge >= 0.3 is 7.82 Å². The molecule has 74 heavy (non-hydrogen) atoms. The fraction of sp³-hybridized carbons (Fsp3) is 0.708. The van der Waals surface area contributed by atoms with E-state index in [2.05, 4.69) is 116 Å². The van der Waals surface area contributed by atoms with Gasteiger partial charge in [0.1, 0.15) is 13.2 Å². The summed E-state index contributed by atoms with van der Waals surface area (Å²) >= 11 is 0. The molecule has 3 atom stereocenters. The molecular formula is C65H116N2O6P+. The molecule has 0 aliphatic heterocycles. The van der Waals surface area contributed by atoms with Gasteiger partial charge in [-0.3, -0.25) is 13.8 Å². The zero-order valence-corrected chi connectivity index (χ0v) is 49.4. The molecule has 8 nitrogen and oxygen atoms in total. The number of hydrogen-bond acceptors (Lipinski definition) is 5. The molecule has 0 aliphatic rings. The summed E-state index contributed by atoms with van der Waals surface area (Å²) in [6.07, 6.45) is 80.6. The Morgan fingerprint density at radius 1 is 0.473 bits per heavy atom. The summed E-state index contributed by atoms with van der Waals surface area (Å²) in [5.74, 6) is -0.181. The lowest BCUT2D eigenvalue weighted by Gasteiger charge is -2.25. The maximum atomic E-state index is 13.0. The predicted molar refractivity (Wildman–Crippen MR) is 322 cm³/mol. The SMILES string of the molecule is CC/C=C\C/C=C\C/C=C\C/C=C\C/C=C\C/C=C\C/C=C\C/C=C\CCCCCCCCCCCCCCCCC(=O)NC(COP(=O)(O)OCC[N+](C)(C)C)C(O)/C=C/CCCCCCCCCCCCC. The van der Waals surface area contributed by atoms with Crippen LogP contribution in [0.2, 0.25) is 0 Å². The van der Waals surface area contributed by atoms with E-state index >= 15 is 0 Å². The summed E-state index contributed by atoms with van der Waals surface area (Å²) in [7, 11) is 1.56. The van der Waals surface area contributed by atoms with E-state index in [0.29, 0.717) is 17.4 Å². The topological polar surface area (TPSA) is 105 Å². The number of carbonyl (C=O) groups excluding carboxylic acids is 1. The summed E-state index contributed by atoms with van der Waals surface area (Å²) in [5, 5.41) is 13.9. The summed E-state index contributed by atoms with van der Waals surface area (Å²) < 4.78 is 23.7. The van der Waals surface area contributed by atoms with Crippen LogP contribution in [0.25, 0.3) is 0 Å². The van der Waals surface area contributed by atoms with Gasteiger partial charge in [0, 0.05) is 6.42 Å². The average Bonchev–Trinajstić information content (AvgIpc) is 3.36. The van der Waals surface area contributed by atoms with E-state index in [0.717, 1.165) is 89.9 Å². The van der Waals surface area contributed by atoms with E-state index in [1.165, 1.54) is 135 Å². The first-order valence-corrected chi connectivity index (χ1v) is 31.8. The summed E-state index contributed by atoms with van der Waals surface area (Å²) in [5.41, 5.74) is 0. The van der Waals surface area contributed by atoms with Crippen LogP contribution in [0.15, 0.2) is 109 Å². The van der Waals surface area contributed by atoms with Crippen LogP contribution in [0.3, 0.4) is 0 Å². The molecular weight excluding hydrogens is 936 g/mol. The number of unbranched alkanes of at least 4 members (excludes halogenated alkanes) is 25. The average molecular weight is 1050 g/mol. The lowest BCUT2D eigenvalue weighted by Crippen LogP contribution is -2.45. The number of nitrogens with one attached hydrogen (secondary N) is 1. The van der Waals surface area contributed by atoms with Crippen LogP contribution in [0.5, 0.6) is 0 Å². The predicted octanol–water partition coefficient (Wildman–Crippen LogP) is 18.8. The van der Waals surface area contributed by atoms with Gasteiger partial charge in [-0.2, -0.15) is 0 Å². The third-order valence-electron chi connectivity index (χ3n) is 13.0. The Morgan fingerprint density at radius 2 is 0.811 bits per heavy atom. The van der Waals surface area contributed by atoms with Crippen LogP contribution in [-0.2, 0) is 18.4 Å². The number of allylic oxidation sites excluding steroid dienone is 17. The van der Waals surface area contributed by atoms with Gasteiger partial charge in [-0.1, -0.05) is 264 Å². The molecule has 0 spiro atoms. The van der Waals surface area contributed by atoms with Crippen LogP contribution < -0.4 is 5.32 Å². The number of aliphatic hydroxyl groups is 1. The minimum absolute atomic E-state index is 0.0581. The number of likely N-dealkylation sites (N-methyl/N-ethyl adjacent to an activating group) is 1. The van der Waals surface area contributed by atoms with Crippen molar-refractivity contribution in [3.63, 3.8) is 0 Å². The van der Waals surface area contributed by atoms with E-state index < -0.39 is 20.0 Å². The van der Waals surface area contributed by atoms with Crippen molar-refractivity contribution in [2.45, 2.75) is 257 Å². The van der Waals surface area contributed by atoms with Crippen LogP contribution >= 0.6 is 7.82 Å². The highest BCUT2D eigenvalue weighted by Gasteiger charge is 2.27. The Bertz CT molecular complexity index is 1570. The smallest absolute Gasteiger partial charge is 0.387 e. The molecule has 0 radical (unpaired) electrons. The van der Waals surface area contributed by atoms with E-state index in [-0.39, 0.29) is 19.1 Å². The van der Waals surface area contributed by atoms with E-state index in [1.807, 2.05) is 27.2 Å². The molecule has 0 saturated heterocycles. The molecule has 1 amide bonds. The normalized spacial score (nSPS) is 14.6. The maximum absolute atomic E-state index is 13.0. The molecule has 9 heteroatoms. The molecule has 0 heterocycles. The summed E-state index contributed by atoms with van der Waals surface area (Å²) in [6.45, 7) is 4.69. The molecule has 426 valence electrons. The Hall–Kier alpha value is -2.84.